The zero-order valence-corrected chi connectivity index (χ0v) is 18.0. The van der Waals surface area contributed by atoms with Crippen LogP contribution in [0.5, 0.6) is 11.5 Å². The molecular formula is C21H27IO3. The number of rotatable bonds is 3. The summed E-state index contributed by atoms with van der Waals surface area (Å²) in [5.74, 6) is 1.90. The zero-order chi connectivity index (χ0) is 18.2. The fraction of sp³-hybridized carbons (Fsp3) is 0.429. The van der Waals surface area contributed by atoms with E-state index in [9.17, 15) is 0 Å². The van der Waals surface area contributed by atoms with Crippen molar-refractivity contribution in [3.05, 3.63) is 59.2 Å². The van der Waals surface area contributed by atoms with Gasteiger partial charge in [0.1, 0.15) is 0 Å². The summed E-state index contributed by atoms with van der Waals surface area (Å²) in [6.07, 6.45) is 0. The number of para-hydroxylation sites is 2. The number of halogens is 1. The molecule has 0 aromatic heterocycles. The van der Waals surface area contributed by atoms with E-state index in [-0.39, 0.29) is 5.41 Å². The van der Waals surface area contributed by atoms with Crippen LogP contribution in [0.25, 0.3) is 0 Å². The van der Waals surface area contributed by atoms with Crippen LogP contribution in [0.3, 0.4) is 0 Å². The maximum atomic E-state index is 6.56. The Bertz CT molecular complexity index is 762. The minimum absolute atomic E-state index is 0.0157. The summed E-state index contributed by atoms with van der Waals surface area (Å²) in [5.41, 5.74) is 3.49. The van der Waals surface area contributed by atoms with Crippen LogP contribution in [0.1, 0.15) is 51.3 Å². The Morgan fingerprint density at radius 1 is 0.960 bits per heavy atom. The van der Waals surface area contributed by atoms with E-state index in [1.807, 2.05) is 18.2 Å². The Morgan fingerprint density at radius 2 is 1.68 bits per heavy atom. The van der Waals surface area contributed by atoms with Gasteiger partial charge in [0.05, 0.1) is 0 Å². The van der Waals surface area contributed by atoms with Gasteiger partial charge in [0, 0.05) is 0 Å². The molecule has 0 fully saturated rings. The van der Waals surface area contributed by atoms with Crippen molar-refractivity contribution in [1.29, 1.82) is 0 Å². The number of alkyl halides is 1. The summed E-state index contributed by atoms with van der Waals surface area (Å²) in [6.45, 7) is 13.5. The number of aryl methyl sites for hydroxylation is 1. The second kappa shape index (κ2) is 6.80. The van der Waals surface area contributed by atoms with Gasteiger partial charge in [-0.2, -0.15) is 0 Å². The molecule has 0 atom stereocenters. The first-order valence-electron chi connectivity index (χ1n) is 8.57. The Hall–Kier alpha value is -1.27. The second-order valence-electron chi connectivity index (χ2n) is 7.82. The standard InChI is InChI=1S/C21H27IO3/c1-15-10-9-12-17(20(2,3)4)19(15)24-21(5,6)22-23-14-16-11-7-8-13-18(16)25-22/h7-13H,14H2,1-6H3. The molecule has 0 radical (unpaired) electrons. The average molecular weight is 454 g/mol. The summed E-state index contributed by atoms with van der Waals surface area (Å²) in [4.78, 5) is 0. The monoisotopic (exact) mass is 454 g/mol. The van der Waals surface area contributed by atoms with E-state index < -0.39 is 24.3 Å². The van der Waals surface area contributed by atoms with Crippen molar-refractivity contribution in [1.82, 2.24) is 0 Å². The van der Waals surface area contributed by atoms with E-state index in [1.165, 1.54) is 5.56 Å². The van der Waals surface area contributed by atoms with Gasteiger partial charge in [0.15, 0.2) is 0 Å². The molecule has 0 amide bonds. The molecule has 3 nitrogen and oxygen atoms in total. The van der Waals surface area contributed by atoms with Crippen molar-refractivity contribution >= 4 is 20.6 Å². The Balaban J connectivity index is 1.88. The SMILES string of the molecule is Cc1cccc(C(C)(C)C)c1OC(C)(C)I1OCc2ccccc2O1. The maximum absolute atomic E-state index is 6.56. The molecule has 0 saturated carbocycles. The predicted molar refractivity (Wildman–Crippen MR) is 110 cm³/mol. The van der Waals surface area contributed by atoms with Crippen molar-refractivity contribution in [3.8, 4) is 11.5 Å². The van der Waals surface area contributed by atoms with Crippen LogP contribution in [0.2, 0.25) is 0 Å². The molecule has 3 rings (SSSR count). The van der Waals surface area contributed by atoms with Gasteiger partial charge in [-0.15, -0.1) is 0 Å². The number of hydrogen-bond acceptors (Lipinski definition) is 3. The number of fused-ring (bicyclic) bond motifs is 1. The van der Waals surface area contributed by atoms with Crippen LogP contribution >= 0.6 is 20.6 Å². The van der Waals surface area contributed by atoms with Crippen LogP contribution in [0.4, 0.5) is 0 Å². The van der Waals surface area contributed by atoms with E-state index in [0.717, 1.165) is 22.6 Å². The molecule has 1 aliphatic rings. The Morgan fingerprint density at radius 3 is 2.40 bits per heavy atom. The molecule has 1 heterocycles. The third-order valence-electron chi connectivity index (χ3n) is 4.17. The molecule has 0 aliphatic carbocycles. The molecule has 4 heteroatoms. The molecule has 0 bridgehead atoms. The van der Waals surface area contributed by atoms with Gasteiger partial charge < -0.3 is 0 Å². The topological polar surface area (TPSA) is 27.7 Å². The molecule has 25 heavy (non-hydrogen) atoms. The molecule has 0 spiro atoms. The van der Waals surface area contributed by atoms with E-state index in [1.54, 1.807) is 0 Å². The predicted octanol–water partition coefficient (Wildman–Crippen LogP) is 6.35. The summed E-state index contributed by atoms with van der Waals surface area (Å²) < 4.78 is 18.5. The van der Waals surface area contributed by atoms with Gasteiger partial charge >= 0.3 is 159 Å². The molecule has 0 saturated heterocycles. The third kappa shape index (κ3) is 3.95. The first kappa shape index (κ1) is 18.5. The van der Waals surface area contributed by atoms with Crippen molar-refractivity contribution in [2.75, 3.05) is 0 Å². The summed E-state index contributed by atoms with van der Waals surface area (Å²) in [5, 5.41) is 0. The zero-order valence-electron chi connectivity index (χ0n) is 15.9. The van der Waals surface area contributed by atoms with Crippen LogP contribution in [-0.2, 0) is 15.1 Å². The fourth-order valence-corrected chi connectivity index (χ4v) is 6.07. The van der Waals surface area contributed by atoms with E-state index >= 15 is 0 Å². The minimum atomic E-state index is -2.26. The van der Waals surface area contributed by atoms with Gasteiger partial charge in [-0.1, -0.05) is 0 Å². The first-order chi connectivity index (χ1) is 11.7. The van der Waals surface area contributed by atoms with Gasteiger partial charge in [-0.05, 0) is 0 Å². The number of benzene rings is 2. The van der Waals surface area contributed by atoms with Crippen LogP contribution in [-0.4, -0.2) is 3.61 Å². The van der Waals surface area contributed by atoms with Crippen molar-refractivity contribution in [3.63, 3.8) is 0 Å². The average Bonchev–Trinajstić information content (AvgIpc) is 2.55. The van der Waals surface area contributed by atoms with E-state index in [4.69, 9.17) is 10.9 Å². The normalized spacial score (nSPS) is 16.2. The van der Waals surface area contributed by atoms with Crippen molar-refractivity contribution in [2.24, 2.45) is 0 Å². The molecule has 2 aromatic carbocycles. The summed E-state index contributed by atoms with van der Waals surface area (Å²) in [7, 11) is 0. The molecular weight excluding hydrogens is 427 g/mol. The Kier molecular flexibility index (Phi) is 5.04. The number of hydrogen-bond donors (Lipinski definition) is 0. The molecule has 1 aliphatic heterocycles. The van der Waals surface area contributed by atoms with Crippen LogP contribution in [0, 0.1) is 6.92 Å². The van der Waals surface area contributed by atoms with E-state index in [2.05, 4.69) is 65.8 Å². The molecule has 0 N–H and O–H groups in total. The van der Waals surface area contributed by atoms with Gasteiger partial charge in [-0.25, -0.2) is 0 Å². The summed E-state index contributed by atoms with van der Waals surface area (Å²) >= 11 is -2.26. The fourth-order valence-electron chi connectivity index (χ4n) is 2.78. The van der Waals surface area contributed by atoms with Crippen LogP contribution in [0.15, 0.2) is 42.5 Å². The molecule has 2 aromatic rings. The van der Waals surface area contributed by atoms with Gasteiger partial charge in [0.25, 0.3) is 0 Å². The quantitative estimate of drug-likeness (QED) is 0.400. The van der Waals surface area contributed by atoms with Crippen molar-refractivity contribution < 1.29 is 10.9 Å². The van der Waals surface area contributed by atoms with Gasteiger partial charge in [0.2, 0.25) is 0 Å². The molecule has 0 unspecified atom stereocenters. The van der Waals surface area contributed by atoms with Gasteiger partial charge in [-0.3, -0.25) is 0 Å². The van der Waals surface area contributed by atoms with Crippen LogP contribution < -0.4 is 7.80 Å². The Labute approximate surface area is 159 Å². The molecule has 136 valence electrons. The van der Waals surface area contributed by atoms with Crippen molar-refractivity contribution in [2.45, 2.75) is 57.2 Å². The number of ether oxygens (including phenoxy) is 1. The third-order valence-corrected chi connectivity index (χ3v) is 8.26. The van der Waals surface area contributed by atoms with E-state index in [0.29, 0.717) is 6.61 Å². The summed E-state index contributed by atoms with van der Waals surface area (Å²) in [6, 6.07) is 14.4. The second-order valence-corrected chi connectivity index (χ2v) is 12.7. The first-order valence-corrected chi connectivity index (χ1v) is 11.4.